The van der Waals surface area contributed by atoms with Crippen molar-refractivity contribution in [2.45, 2.75) is 18.9 Å². The summed E-state index contributed by atoms with van der Waals surface area (Å²) < 4.78 is 14.6. The highest BCUT2D eigenvalue weighted by molar-refractivity contribution is 9.10. The fourth-order valence-corrected chi connectivity index (χ4v) is 3.17. The van der Waals surface area contributed by atoms with Crippen LogP contribution in [0, 0.1) is 5.82 Å². The summed E-state index contributed by atoms with van der Waals surface area (Å²) in [5, 5.41) is 2.86. The summed E-state index contributed by atoms with van der Waals surface area (Å²) in [4.78, 5) is 26.4. The average molecular weight is 405 g/mol. The van der Waals surface area contributed by atoms with Crippen LogP contribution in [0.25, 0.3) is 0 Å². The third-order valence-corrected chi connectivity index (χ3v) is 4.86. The molecule has 1 saturated heterocycles. The fraction of sp³-hybridized carbons (Fsp3) is 0.263. The van der Waals surface area contributed by atoms with Gasteiger partial charge in [-0.2, -0.15) is 0 Å². The molecule has 0 aromatic heterocycles. The van der Waals surface area contributed by atoms with E-state index in [1.807, 2.05) is 12.1 Å². The molecule has 1 aliphatic rings. The van der Waals surface area contributed by atoms with Crippen molar-refractivity contribution in [2.24, 2.45) is 0 Å². The molecule has 2 aromatic carbocycles. The number of hydrogen-bond acceptors (Lipinski definition) is 2. The molecule has 0 spiro atoms. The van der Waals surface area contributed by atoms with Crippen LogP contribution in [0.5, 0.6) is 0 Å². The van der Waals surface area contributed by atoms with Crippen molar-refractivity contribution in [3.63, 3.8) is 0 Å². The lowest BCUT2D eigenvalue weighted by molar-refractivity contribution is 0.0698. The molecule has 2 aromatic rings. The number of carbonyl (C=O) groups excluding carboxylic acids is 2. The van der Waals surface area contributed by atoms with E-state index in [4.69, 9.17) is 0 Å². The van der Waals surface area contributed by atoms with Crippen LogP contribution in [-0.4, -0.2) is 35.8 Å². The second kappa shape index (κ2) is 7.78. The van der Waals surface area contributed by atoms with Gasteiger partial charge in [-0.1, -0.05) is 28.1 Å². The van der Waals surface area contributed by atoms with E-state index >= 15 is 0 Å². The summed E-state index contributed by atoms with van der Waals surface area (Å²) >= 11 is 3.35. The summed E-state index contributed by atoms with van der Waals surface area (Å²) in [5.74, 6) is -0.940. The molecule has 0 aliphatic carbocycles. The number of amides is 2. The fourth-order valence-electron chi connectivity index (χ4n) is 2.91. The number of likely N-dealkylation sites (tertiary alicyclic amines) is 1. The number of rotatable bonds is 3. The van der Waals surface area contributed by atoms with Crippen LogP contribution in [0.15, 0.2) is 53.0 Å². The van der Waals surface area contributed by atoms with E-state index in [1.54, 1.807) is 29.2 Å². The lowest BCUT2D eigenvalue weighted by atomic mass is 10.0. The first-order valence-electron chi connectivity index (χ1n) is 8.15. The van der Waals surface area contributed by atoms with Crippen LogP contribution in [0.3, 0.4) is 0 Å². The topological polar surface area (TPSA) is 49.4 Å². The van der Waals surface area contributed by atoms with Gasteiger partial charge in [-0.3, -0.25) is 9.59 Å². The first-order valence-corrected chi connectivity index (χ1v) is 8.94. The van der Waals surface area contributed by atoms with Gasteiger partial charge in [0.25, 0.3) is 11.8 Å². The van der Waals surface area contributed by atoms with Gasteiger partial charge in [-0.15, -0.1) is 0 Å². The number of nitrogens with one attached hydrogen (secondary N) is 1. The van der Waals surface area contributed by atoms with E-state index in [0.29, 0.717) is 31.5 Å². The standard InChI is InChI=1S/C19H18BrFN2O2/c20-14-7-5-13(6-8-14)19(25)23-11-9-15(10-12-23)22-18(24)16-3-1-2-4-17(16)21/h1-8,15H,9-12H2,(H,22,24). The predicted octanol–water partition coefficient (Wildman–Crippen LogP) is 3.62. The molecule has 4 nitrogen and oxygen atoms in total. The van der Waals surface area contributed by atoms with Crippen molar-refractivity contribution in [3.05, 3.63) is 69.9 Å². The van der Waals surface area contributed by atoms with Crippen LogP contribution in [-0.2, 0) is 0 Å². The molecule has 130 valence electrons. The summed E-state index contributed by atoms with van der Waals surface area (Å²) in [5.41, 5.74) is 0.702. The van der Waals surface area contributed by atoms with E-state index in [9.17, 15) is 14.0 Å². The van der Waals surface area contributed by atoms with Crippen LogP contribution in [0.1, 0.15) is 33.6 Å². The van der Waals surface area contributed by atoms with Crippen molar-refractivity contribution in [2.75, 3.05) is 13.1 Å². The molecule has 2 amide bonds. The lowest BCUT2D eigenvalue weighted by Crippen LogP contribution is -2.46. The predicted molar refractivity (Wildman–Crippen MR) is 96.9 cm³/mol. The molecule has 1 heterocycles. The molecule has 0 radical (unpaired) electrons. The van der Waals surface area contributed by atoms with Gasteiger partial charge < -0.3 is 10.2 Å². The van der Waals surface area contributed by atoms with Crippen molar-refractivity contribution >= 4 is 27.7 Å². The van der Waals surface area contributed by atoms with Crippen molar-refractivity contribution in [1.82, 2.24) is 10.2 Å². The molecular formula is C19H18BrFN2O2. The maximum absolute atomic E-state index is 13.7. The molecule has 1 fully saturated rings. The Labute approximate surface area is 154 Å². The van der Waals surface area contributed by atoms with Crippen molar-refractivity contribution in [1.29, 1.82) is 0 Å². The van der Waals surface area contributed by atoms with Gasteiger partial charge >= 0.3 is 0 Å². The largest absolute Gasteiger partial charge is 0.349 e. The Morgan fingerprint density at radius 2 is 1.68 bits per heavy atom. The lowest BCUT2D eigenvalue weighted by Gasteiger charge is -2.32. The quantitative estimate of drug-likeness (QED) is 0.848. The zero-order valence-electron chi connectivity index (χ0n) is 13.5. The Morgan fingerprint density at radius 1 is 1.04 bits per heavy atom. The molecule has 1 aliphatic heterocycles. The molecule has 1 N–H and O–H groups in total. The second-order valence-electron chi connectivity index (χ2n) is 6.03. The minimum absolute atomic E-state index is 0.00798. The summed E-state index contributed by atoms with van der Waals surface area (Å²) in [6.07, 6.45) is 1.31. The first-order chi connectivity index (χ1) is 12.0. The second-order valence-corrected chi connectivity index (χ2v) is 6.94. The van der Waals surface area contributed by atoms with Gasteiger partial charge in [0.05, 0.1) is 5.56 Å². The third kappa shape index (κ3) is 4.25. The highest BCUT2D eigenvalue weighted by Crippen LogP contribution is 2.17. The molecule has 3 rings (SSSR count). The smallest absolute Gasteiger partial charge is 0.254 e. The summed E-state index contributed by atoms with van der Waals surface area (Å²) in [6.45, 7) is 1.13. The Balaban J connectivity index is 1.55. The zero-order valence-corrected chi connectivity index (χ0v) is 15.1. The summed E-state index contributed by atoms with van der Waals surface area (Å²) in [6, 6.07) is 13.1. The number of nitrogens with zero attached hydrogens (tertiary/aromatic N) is 1. The van der Waals surface area contributed by atoms with Gasteiger partial charge in [-0.05, 0) is 49.2 Å². The first kappa shape index (κ1) is 17.6. The number of carbonyl (C=O) groups is 2. The van der Waals surface area contributed by atoms with Gasteiger partial charge in [0.1, 0.15) is 5.82 Å². The Morgan fingerprint density at radius 3 is 2.32 bits per heavy atom. The number of hydrogen-bond donors (Lipinski definition) is 1. The molecule has 25 heavy (non-hydrogen) atoms. The van der Waals surface area contributed by atoms with E-state index in [2.05, 4.69) is 21.2 Å². The van der Waals surface area contributed by atoms with Gasteiger partial charge in [-0.25, -0.2) is 4.39 Å². The van der Waals surface area contributed by atoms with E-state index in [1.165, 1.54) is 12.1 Å². The number of piperidine rings is 1. The van der Waals surface area contributed by atoms with Crippen LogP contribution in [0.2, 0.25) is 0 Å². The average Bonchev–Trinajstić information content (AvgIpc) is 2.63. The van der Waals surface area contributed by atoms with Gasteiger partial charge in [0.2, 0.25) is 0 Å². The molecular weight excluding hydrogens is 387 g/mol. The molecule has 0 saturated carbocycles. The maximum atomic E-state index is 13.7. The minimum atomic E-state index is -0.525. The van der Waals surface area contributed by atoms with Crippen LogP contribution in [0.4, 0.5) is 4.39 Å². The van der Waals surface area contributed by atoms with Crippen LogP contribution < -0.4 is 5.32 Å². The maximum Gasteiger partial charge on any atom is 0.254 e. The molecule has 0 atom stereocenters. The number of halogens is 2. The van der Waals surface area contributed by atoms with Gasteiger partial charge in [0.15, 0.2) is 0 Å². The summed E-state index contributed by atoms with van der Waals surface area (Å²) in [7, 11) is 0. The SMILES string of the molecule is O=C(NC1CCN(C(=O)c2ccc(Br)cc2)CC1)c1ccccc1F. The highest BCUT2D eigenvalue weighted by atomic mass is 79.9. The van der Waals surface area contributed by atoms with Crippen LogP contribution >= 0.6 is 15.9 Å². The third-order valence-electron chi connectivity index (χ3n) is 4.33. The Hall–Kier alpha value is -2.21. The van der Waals surface area contributed by atoms with E-state index in [0.717, 1.165) is 4.47 Å². The van der Waals surface area contributed by atoms with Crippen molar-refractivity contribution < 1.29 is 14.0 Å². The number of benzene rings is 2. The van der Waals surface area contributed by atoms with E-state index < -0.39 is 11.7 Å². The Kier molecular flexibility index (Phi) is 5.48. The molecule has 0 bridgehead atoms. The molecule has 6 heteroatoms. The minimum Gasteiger partial charge on any atom is -0.349 e. The Bertz CT molecular complexity index is 771. The van der Waals surface area contributed by atoms with Crippen molar-refractivity contribution in [3.8, 4) is 0 Å². The normalized spacial score (nSPS) is 15.0. The monoisotopic (exact) mass is 404 g/mol. The van der Waals surface area contributed by atoms with Gasteiger partial charge in [0, 0.05) is 29.2 Å². The highest BCUT2D eigenvalue weighted by Gasteiger charge is 2.25. The zero-order chi connectivity index (χ0) is 17.8. The molecule has 0 unspecified atom stereocenters. The van der Waals surface area contributed by atoms with E-state index in [-0.39, 0.29) is 17.5 Å².